The Morgan fingerprint density at radius 2 is 1.79 bits per heavy atom. The Balaban J connectivity index is 1.26. The van der Waals surface area contributed by atoms with Gasteiger partial charge in [-0.25, -0.2) is 16.8 Å². The van der Waals surface area contributed by atoms with Crippen molar-refractivity contribution >= 4 is 31.7 Å². The highest BCUT2D eigenvalue weighted by atomic mass is 32.2. The Morgan fingerprint density at radius 1 is 1.09 bits per heavy atom. The minimum absolute atomic E-state index is 0.0332. The van der Waals surface area contributed by atoms with Gasteiger partial charge in [0, 0.05) is 25.2 Å². The molecule has 2 saturated heterocycles. The van der Waals surface area contributed by atoms with Crippen LogP contribution in [0.3, 0.4) is 0 Å². The predicted molar refractivity (Wildman–Crippen MR) is 115 cm³/mol. The highest BCUT2D eigenvalue weighted by Crippen LogP contribution is 2.34. The quantitative estimate of drug-likeness (QED) is 0.518. The minimum Gasteiger partial charge on any atom is -0.486 e. The van der Waals surface area contributed by atoms with Crippen LogP contribution >= 0.6 is 0 Å². The molecule has 3 heterocycles. The average Bonchev–Trinajstić information content (AvgIpc) is 3.15. The Morgan fingerprint density at radius 3 is 2.45 bits per heavy atom. The first-order valence-corrected chi connectivity index (χ1v) is 14.0. The van der Waals surface area contributed by atoms with E-state index in [0.717, 1.165) is 0 Å². The van der Waals surface area contributed by atoms with Crippen LogP contribution in [0.25, 0.3) is 0 Å². The van der Waals surface area contributed by atoms with Crippen LogP contribution in [0, 0.1) is 5.92 Å². The summed E-state index contributed by atoms with van der Waals surface area (Å²) in [5.41, 5.74) is 0. The number of sulfonamides is 1. The molecule has 11 nitrogen and oxygen atoms in total. The molecule has 1 aromatic carbocycles. The predicted octanol–water partition coefficient (Wildman–Crippen LogP) is -0.295. The smallest absolute Gasteiger partial charge is 0.309 e. The largest absolute Gasteiger partial charge is 0.486 e. The molecule has 2 fully saturated rings. The molecule has 33 heavy (non-hydrogen) atoms. The number of benzene rings is 1. The molecule has 1 atom stereocenters. The van der Waals surface area contributed by atoms with Crippen LogP contribution in [-0.2, 0) is 34.2 Å². The summed E-state index contributed by atoms with van der Waals surface area (Å²) >= 11 is 0. The molecule has 0 aliphatic carbocycles. The molecule has 1 aromatic rings. The molecule has 0 saturated carbocycles. The Bertz CT molecular complexity index is 1130. The Hall–Kier alpha value is -2.38. The van der Waals surface area contributed by atoms with E-state index in [2.05, 4.69) is 5.32 Å². The molecule has 182 valence electrons. The van der Waals surface area contributed by atoms with Crippen molar-refractivity contribution in [2.75, 3.05) is 44.4 Å². The van der Waals surface area contributed by atoms with Gasteiger partial charge in [0.2, 0.25) is 10.0 Å². The van der Waals surface area contributed by atoms with Crippen molar-refractivity contribution in [1.82, 2.24) is 9.62 Å². The molecule has 0 unspecified atom stereocenters. The van der Waals surface area contributed by atoms with Crippen LogP contribution in [-0.4, -0.2) is 83.5 Å². The third kappa shape index (κ3) is 5.58. The van der Waals surface area contributed by atoms with Gasteiger partial charge >= 0.3 is 5.97 Å². The van der Waals surface area contributed by atoms with E-state index in [4.69, 9.17) is 14.2 Å². The van der Waals surface area contributed by atoms with E-state index in [9.17, 15) is 26.4 Å². The monoisotopic (exact) mass is 502 g/mol. The first-order valence-electron chi connectivity index (χ1n) is 10.7. The van der Waals surface area contributed by atoms with E-state index in [1.807, 2.05) is 0 Å². The van der Waals surface area contributed by atoms with Crippen LogP contribution in [0.4, 0.5) is 0 Å². The van der Waals surface area contributed by atoms with Crippen LogP contribution in [0.2, 0.25) is 0 Å². The van der Waals surface area contributed by atoms with Gasteiger partial charge in [0.15, 0.2) is 27.9 Å². The third-order valence-corrected chi connectivity index (χ3v) is 9.54. The number of piperidine rings is 1. The highest BCUT2D eigenvalue weighted by molar-refractivity contribution is 7.91. The van der Waals surface area contributed by atoms with Crippen molar-refractivity contribution in [1.29, 1.82) is 0 Å². The lowest BCUT2D eigenvalue weighted by Gasteiger charge is -2.30. The number of sulfone groups is 1. The second kappa shape index (κ2) is 9.47. The summed E-state index contributed by atoms with van der Waals surface area (Å²) in [5, 5.41) is 2.56. The molecule has 0 spiro atoms. The van der Waals surface area contributed by atoms with Crippen LogP contribution < -0.4 is 14.8 Å². The van der Waals surface area contributed by atoms with Gasteiger partial charge in [-0.2, -0.15) is 4.31 Å². The summed E-state index contributed by atoms with van der Waals surface area (Å²) in [6, 6.07) is 4.02. The first kappa shape index (κ1) is 23.8. The lowest BCUT2D eigenvalue weighted by Crippen LogP contribution is -2.42. The minimum atomic E-state index is -3.76. The first-order chi connectivity index (χ1) is 15.6. The van der Waals surface area contributed by atoms with Crippen LogP contribution in [0.5, 0.6) is 11.5 Å². The SMILES string of the molecule is O=C(COC(=O)C1CCN(S(=O)(=O)c2ccc3c(c2)OCCO3)CC1)N[C@H]1CCS(=O)(=O)C1. The average molecular weight is 503 g/mol. The van der Waals surface area contributed by atoms with Gasteiger partial charge in [0.25, 0.3) is 5.91 Å². The van der Waals surface area contributed by atoms with Crippen molar-refractivity contribution in [2.45, 2.75) is 30.2 Å². The summed E-state index contributed by atoms with van der Waals surface area (Å²) in [6.45, 7) is 0.547. The number of amides is 1. The normalized spacial score (nSPS) is 23.1. The standard InChI is InChI=1S/C20H26N2O9S2/c23-19(21-15-5-10-32(25,26)13-15)12-31-20(24)14-3-6-22(7-4-14)33(27,28)16-1-2-17-18(11-16)30-9-8-29-17/h1-2,11,14-15H,3-10,12-13H2,(H,21,23)/t15-/m0/s1. The summed E-state index contributed by atoms with van der Waals surface area (Å²) in [7, 11) is -6.88. The zero-order valence-corrected chi connectivity index (χ0v) is 19.5. The molecule has 1 N–H and O–H groups in total. The number of carbonyl (C=O) groups excluding carboxylic acids is 2. The van der Waals surface area contributed by atoms with E-state index in [1.54, 1.807) is 6.07 Å². The van der Waals surface area contributed by atoms with Crippen molar-refractivity contribution in [3.63, 3.8) is 0 Å². The maximum absolute atomic E-state index is 13.0. The molecule has 3 aliphatic heterocycles. The van der Waals surface area contributed by atoms with E-state index < -0.39 is 50.3 Å². The van der Waals surface area contributed by atoms with Crippen LogP contribution in [0.15, 0.2) is 23.1 Å². The number of esters is 1. The molecule has 13 heteroatoms. The topological polar surface area (TPSA) is 145 Å². The summed E-state index contributed by atoms with van der Waals surface area (Å²) in [6.07, 6.45) is 0.883. The number of hydrogen-bond acceptors (Lipinski definition) is 9. The number of nitrogens with zero attached hydrogens (tertiary/aromatic N) is 1. The lowest BCUT2D eigenvalue weighted by atomic mass is 9.98. The summed E-state index contributed by atoms with van der Waals surface area (Å²) in [4.78, 5) is 24.4. The fourth-order valence-corrected chi connectivity index (χ4v) is 7.26. The molecular formula is C20H26N2O9S2. The number of carbonyl (C=O) groups is 2. The molecule has 0 aromatic heterocycles. The zero-order chi connectivity index (χ0) is 23.6. The van der Waals surface area contributed by atoms with E-state index in [0.29, 0.717) is 31.1 Å². The zero-order valence-electron chi connectivity index (χ0n) is 17.9. The highest BCUT2D eigenvalue weighted by Gasteiger charge is 2.34. The van der Waals surface area contributed by atoms with Gasteiger partial charge in [-0.3, -0.25) is 9.59 Å². The molecule has 0 bridgehead atoms. The Labute approximate surface area is 192 Å². The summed E-state index contributed by atoms with van der Waals surface area (Å²) < 4.78 is 66.2. The molecular weight excluding hydrogens is 476 g/mol. The maximum atomic E-state index is 13.0. The number of ether oxygens (including phenoxy) is 3. The third-order valence-electron chi connectivity index (χ3n) is 5.88. The number of nitrogens with one attached hydrogen (secondary N) is 1. The summed E-state index contributed by atoms with van der Waals surface area (Å²) in [5.74, 6) is -0.829. The molecule has 4 rings (SSSR count). The van der Waals surface area contributed by atoms with Gasteiger partial charge in [-0.05, 0) is 31.4 Å². The molecule has 0 radical (unpaired) electrons. The van der Waals surface area contributed by atoms with Gasteiger partial charge in [0.05, 0.1) is 22.3 Å². The van der Waals surface area contributed by atoms with Gasteiger partial charge in [-0.1, -0.05) is 0 Å². The Kier molecular flexibility index (Phi) is 6.82. The number of hydrogen-bond donors (Lipinski definition) is 1. The second-order valence-corrected chi connectivity index (χ2v) is 12.4. The fraction of sp³-hybridized carbons (Fsp3) is 0.600. The van der Waals surface area contributed by atoms with E-state index in [-0.39, 0.29) is 42.3 Å². The second-order valence-electron chi connectivity index (χ2n) is 8.26. The van der Waals surface area contributed by atoms with Crippen molar-refractivity contribution in [3.8, 4) is 11.5 Å². The molecule has 3 aliphatic rings. The van der Waals surface area contributed by atoms with E-state index >= 15 is 0 Å². The van der Waals surface area contributed by atoms with Crippen molar-refractivity contribution < 1.29 is 40.6 Å². The van der Waals surface area contributed by atoms with E-state index in [1.165, 1.54) is 16.4 Å². The number of rotatable bonds is 6. The van der Waals surface area contributed by atoms with Gasteiger partial charge < -0.3 is 19.5 Å². The van der Waals surface area contributed by atoms with Gasteiger partial charge in [0.1, 0.15) is 13.2 Å². The maximum Gasteiger partial charge on any atom is 0.309 e. The van der Waals surface area contributed by atoms with Crippen molar-refractivity contribution in [3.05, 3.63) is 18.2 Å². The van der Waals surface area contributed by atoms with Crippen molar-refractivity contribution in [2.24, 2.45) is 5.92 Å². The fourth-order valence-electron chi connectivity index (χ4n) is 4.10. The van der Waals surface area contributed by atoms with Crippen LogP contribution in [0.1, 0.15) is 19.3 Å². The number of fused-ring (bicyclic) bond motifs is 1. The van der Waals surface area contributed by atoms with Gasteiger partial charge in [-0.15, -0.1) is 0 Å². The lowest BCUT2D eigenvalue weighted by molar-refractivity contribution is -0.153. The molecule has 1 amide bonds.